The van der Waals surface area contributed by atoms with Crippen molar-refractivity contribution in [3.63, 3.8) is 0 Å². The second-order valence-corrected chi connectivity index (χ2v) is 6.57. The molecule has 3 nitrogen and oxygen atoms in total. The van der Waals surface area contributed by atoms with Crippen molar-refractivity contribution in [2.24, 2.45) is 4.99 Å². The van der Waals surface area contributed by atoms with Gasteiger partial charge >= 0.3 is 0 Å². The number of aliphatic hydroxyl groups is 1. The van der Waals surface area contributed by atoms with Crippen LogP contribution in [0.5, 0.6) is 0 Å². The summed E-state index contributed by atoms with van der Waals surface area (Å²) in [5.41, 5.74) is 4.88. The van der Waals surface area contributed by atoms with E-state index in [0.717, 1.165) is 28.2 Å². The molecule has 25 heavy (non-hydrogen) atoms. The maximum Gasteiger partial charge on any atom is 0.131 e. The first-order chi connectivity index (χ1) is 12.1. The Kier molecular flexibility index (Phi) is 3.86. The third-order valence-corrected chi connectivity index (χ3v) is 4.54. The highest BCUT2D eigenvalue weighted by Crippen LogP contribution is 2.39. The number of nitrogens with zero attached hydrogens (tertiary/aromatic N) is 1. The number of aryl methyl sites for hydroxylation is 1. The van der Waals surface area contributed by atoms with Crippen molar-refractivity contribution in [2.45, 2.75) is 18.9 Å². The summed E-state index contributed by atoms with van der Waals surface area (Å²) in [6.45, 7) is 2.07. The number of nitrogens with one attached hydrogen (secondary N) is 1. The number of benzene rings is 3. The van der Waals surface area contributed by atoms with Crippen LogP contribution in [0.25, 0.3) is 0 Å². The summed E-state index contributed by atoms with van der Waals surface area (Å²) >= 11 is 0. The van der Waals surface area contributed by atoms with Crippen LogP contribution in [0.1, 0.15) is 16.7 Å². The molecule has 2 N–H and O–H groups in total. The first-order valence-corrected chi connectivity index (χ1v) is 8.42. The summed E-state index contributed by atoms with van der Waals surface area (Å²) in [4.78, 5) is 4.41. The van der Waals surface area contributed by atoms with E-state index in [4.69, 9.17) is 0 Å². The first-order valence-electron chi connectivity index (χ1n) is 8.42. The van der Waals surface area contributed by atoms with Gasteiger partial charge in [-0.15, -0.1) is 0 Å². The van der Waals surface area contributed by atoms with Gasteiger partial charge in [-0.25, -0.2) is 0 Å². The lowest BCUT2D eigenvalue weighted by Gasteiger charge is -2.22. The maximum absolute atomic E-state index is 11.1. The molecule has 1 aliphatic heterocycles. The molecule has 3 heteroatoms. The second kappa shape index (κ2) is 6.19. The summed E-state index contributed by atoms with van der Waals surface area (Å²) in [6, 6.07) is 24.2. The van der Waals surface area contributed by atoms with Crippen LogP contribution in [-0.2, 0) is 12.0 Å². The molecule has 3 aromatic carbocycles. The monoisotopic (exact) mass is 328 g/mol. The Morgan fingerprint density at radius 3 is 2.40 bits per heavy atom. The van der Waals surface area contributed by atoms with Crippen molar-refractivity contribution in [3.8, 4) is 0 Å². The molecule has 1 atom stereocenters. The van der Waals surface area contributed by atoms with Crippen molar-refractivity contribution < 1.29 is 5.11 Å². The van der Waals surface area contributed by atoms with Crippen molar-refractivity contribution in [1.82, 2.24) is 0 Å². The van der Waals surface area contributed by atoms with Crippen LogP contribution in [-0.4, -0.2) is 11.3 Å². The van der Waals surface area contributed by atoms with Gasteiger partial charge in [-0.05, 0) is 42.8 Å². The molecular formula is C22H20N2O. The molecular weight excluding hydrogens is 308 g/mol. The number of aliphatic imine (C=N–C) groups is 1. The van der Waals surface area contributed by atoms with E-state index >= 15 is 0 Å². The minimum atomic E-state index is -1.07. The number of anilines is 2. The second-order valence-electron chi connectivity index (χ2n) is 6.57. The highest BCUT2D eigenvalue weighted by molar-refractivity contribution is 5.85. The van der Waals surface area contributed by atoms with Gasteiger partial charge in [-0.2, -0.15) is 0 Å². The number of rotatable bonds is 4. The summed E-state index contributed by atoms with van der Waals surface area (Å²) in [6.07, 6.45) is 2.17. The molecule has 4 rings (SSSR count). The largest absolute Gasteiger partial charge is 0.379 e. The van der Waals surface area contributed by atoms with Gasteiger partial charge in [0.25, 0.3) is 0 Å². The van der Waals surface area contributed by atoms with Crippen LogP contribution < -0.4 is 5.32 Å². The molecule has 0 aliphatic carbocycles. The third kappa shape index (κ3) is 3.19. The van der Waals surface area contributed by atoms with Crippen molar-refractivity contribution in [3.05, 3.63) is 89.5 Å². The zero-order chi connectivity index (χ0) is 17.3. The van der Waals surface area contributed by atoms with Crippen LogP contribution in [0, 0.1) is 6.92 Å². The zero-order valence-electron chi connectivity index (χ0n) is 14.1. The van der Waals surface area contributed by atoms with Crippen LogP contribution in [0.4, 0.5) is 17.1 Å². The van der Waals surface area contributed by atoms with Gasteiger partial charge < -0.3 is 10.4 Å². The Morgan fingerprint density at radius 2 is 1.64 bits per heavy atom. The van der Waals surface area contributed by atoms with Crippen LogP contribution in [0.2, 0.25) is 0 Å². The smallest absolute Gasteiger partial charge is 0.131 e. The van der Waals surface area contributed by atoms with E-state index in [2.05, 4.69) is 41.5 Å². The summed E-state index contributed by atoms with van der Waals surface area (Å²) in [5.74, 6) is 0. The quantitative estimate of drug-likeness (QED) is 0.716. The molecule has 1 aliphatic rings. The van der Waals surface area contributed by atoms with Crippen LogP contribution in [0.15, 0.2) is 77.8 Å². The molecule has 0 amide bonds. The summed E-state index contributed by atoms with van der Waals surface area (Å²) in [5, 5.41) is 14.5. The minimum absolute atomic E-state index is 0.512. The maximum atomic E-state index is 11.1. The van der Waals surface area contributed by atoms with E-state index in [1.807, 2.05) is 48.5 Å². The number of hydrogen-bond donors (Lipinski definition) is 2. The van der Waals surface area contributed by atoms with Crippen LogP contribution in [0.3, 0.4) is 0 Å². The van der Waals surface area contributed by atoms with Crippen molar-refractivity contribution >= 4 is 23.3 Å². The average Bonchev–Trinajstić information content (AvgIpc) is 2.94. The minimum Gasteiger partial charge on any atom is -0.379 e. The highest BCUT2D eigenvalue weighted by atomic mass is 16.3. The van der Waals surface area contributed by atoms with E-state index in [0.29, 0.717) is 6.42 Å². The van der Waals surface area contributed by atoms with Crippen LogP contribution >= 0.6 is 0 Å². The fraction of sp³-hybridized carbons (Fsp3) is 0.136. The molecule has 3 aromatic rings. The Hall–Kier alpha value is -2.91. The SMILES string of the molecule is Cc1ccc(Nc2ccc3c(c2)C(O)(Cc2ccccc2)C=N3)cc1. The van der Waals surface area contributed by atoms with E-state index in [9.17, 15) is 5.11 Å². The molecule has 0 bridgehead atoms. The van der Waals surface area contributed by atoms with Gasteiger partial charge in [0.2, 0.25) is 0 Å². The van der Waals surface area contributed by atoms with E-state index in [-0.39, 0.29) is 0 Å². The first kappa shape index (κ1) is 15.6. The van der Waals surface area contributed by atoms with Gasteiger partial charge in [0.05, 0.1) is 5.69 Å². The average molecular weight is 328 g/mol. The topological polar surface area (TPSA) is 44.6 Å². The van der Waals surface area contributed by atoms with Gasteiger partial charge in [-0.3, -0.25) is 4.99 Å². The molecule has 0 radical (unpaired) electrons. The normalized spacial score (nSPS) is 18.2. The number of fused-ring (bicyclic) bond motifs is 1. The van der Waals surface area contributed by atoms with Gasteiger partial charge in [0, 0.05) is 29.6 Å². The third-order valence-electron chi connectivity index (χ3n) is 4.54. The standard InChI is InChI=1S/C22H20N2O/c1-16-7-9-18(10-8-16)24-19-11-12-21-20(13-19)22(25,15-23-21)14-17-5-3-2-4-6-17/h2-13,15,24-25H,14H2,1H3. The van der Waals surface area contributed by atoms with E-state index in [1.54, 1.807) is 6.21 Å². The fourth-order valence-corrected chi connectivity index (χ4v) is 3.17. The van der Waals surface area contributed by atoms with Crippen molar-refractivity contribution in [1.29, 1.82) is 0 Å². The lowest BCUT2D eigenvalue weighted by Crippen LogP contribution is -2.27. The summed E-state index contributed by atoms with van der Waals surface area (Å²) in [7, 11) is 0. The van der Waals surface area contributed by atoms with Crippen molar-refractivity contribution in [2.75, 3.05) is 5.32 Å². The molecule has 124 valence electrons. The van der Waals surface area contributed by atoms with Gasteiger partial charge in [0.15, 0.2) is 0 Å². The Bertz CT molecular complexity index is 917. The molecule has 0 fully saturated rings. The predicted molar refractivity (Wildman–Crippen MR) is 103 cm³/mol. The van der Waals surface area contributed by atoms with E-state index < -0.39 is 5.60 Å². The molecule has 0 aromatic heterocycles. The molecule has 0 saturated carbocycles. The van der Waals surface area contributed by atoms with E-state index in [1.165, 1.54) is 5.56 Å². The number of hydrogen-bond acceptors (Lipinski definition) is 3. The zero-order valence-corrected chi connectivity index (χ0v) is 14.1. The van der Waals surface area contributed by atoms with Gasteiger partial charge in [0.1, 0.15) is 5.60 Å². The molecule has 1 unspecified atom stereocenters. The molecule has 1 heterocycles. The summed E-state index contributed by atoms with van der Waals surface area (Å²) < 4.78 is 0. The molecule has 0 saturated heterocycles. The van der Waals surface area contributed by atoms with Gasteiger partial charge in [-0.1, -0.05) is 48.0 Å². The molecule has 0 spiro atoms. The Labute approximate surface area is 147 Å². The Balaban J connectivity index is 1.62. The Morgan fingerprint density at radius 1 is 0.920 bits per heavy atom. The fourth-order valence-electron chi connectivity index (χ4n) is 3.17. The highest BCUT2D eigenvalue weighted by Gasteiger charge is 2.34. The predicted octanol–water partition coefficient (Wildman–Crippen LogP) is 4.88. The lowest BCUT2D eigenvalue weighted by atomic mass is 9.89. The lowest BCUT2D eigenvalue weighted by molar-refractivity contribution is 0.121.